The predicted octanol–water partition coefficient (Wildman–Crippen LogP) is 3.09. The molecule has 1 unspecified atom stereocenters. The van der Waals surface area contributed by atoms with E-state index in [1.165, 1.54) is 44.3 Å². The van der Waals surface area contributed by atoms with Crippen LogP contribution < -0.4 is 5.73 Å². The summed E-state index contributed by atoms with van der Waals surface area (Å²) in [6.07, 6.45) is 6.31. The van der Waals surface area contributed by atoms with E-state index >= 15 is 0 Å². The fourth-order valence-electron chi connectivity index (χ4n) is 2.68. The third kappa shape index (κ3) is 4.60. The SMILES string of the molecule is NC(Cc1cccc(Cl)c1)CN1CCCCCC1. The van der Waals surface area contributed by atoms with Crippen molar-refractivity contribution in [3.63, 3.8) is 0 Å². The molecule has 1 saturated heterocycles. The van der Waals surface area contributed by atoms with Gasteiger partial charge in [0.05, 0.1) is 0 Å². The lowest BCUT2D eigenvalue weighted by Gasteiger charge is -2.23. The third-order valence-corrected chi connectivity index (χ3v) is 3.81. The molecule has 0 aromatic heterocycles. The van der Waals surface area contributed by atoms with Crippen LogP contribution in [0.1, 0.15) is 31.2 Å². The van der Waals surface area contributed by atoms with Gasteiger partial charge in [0.25, 0.3) is 0 Å². The Bertz CT molecular complexity index is 359. The molecular formula is C15H23ClN2. The van der Waals surface area contributed by atoms with Crippen LogP contribution in [0.2, 0.25) is 5.02 Å². The molecule has 2 rings (SSSR count). The van der Waals surface area contributed by atoms with E-state index < -0.39 is 0 Å². The largest absolute Gasteiger partial charge is 0.326 e. The molecule has 0 radical (unpaired) electrons. The third-order valence-electron chi connectivity index (χ3n) is 3.58. The van der Waals surface area contributed by atoms with Gasteiger partial charge in [0.15, 0.2) is 0 Å². The molecule has 1 fully saturated rings. The molecular weight excluding hydrogens is 244 g/mol. The van der Waals surface area contributed by atoms with E-state index in [4.69, 9.17) is 17.3 Å². The van der Waals surface area contributed by atoms with Crippen LogP contribution in [0.25, 0.3) is 0 Å². The van der Waals surface area contributed by atoms with Crippen LogP contribution in [-0.2, 0) is 6.42 Å². The topological polar surface area (TPSA) is 29.3 Å². The molecule has 1 heterocycles. The van der Waals surface area contributed by atoms with Crippen molar-refractivity contribution in [2.75, 3.05) is 19.6 Å². The van der Waals surface area contributed by atoms with Gasteiger partial charge in [-0.25, -0.2) is 0 Å². The number of benzene rings is 1. The van der Waals surface area contributed by atoms with E-state index in [9.17, 15) is 0 Å². The van der Waals surface area contributed by atoms with Crippen molar-refractivity contribution in [1.82, 2.24) is 4.90 Å². The van der Waals surface area contributed by atoms with Crippen molar-refractivity contribution < 1.29 is 0 Å². The van der Waals surface area contributed by atoms with Gasteiger partial charge in [-0.05, 0) is 50.0 Å². The van der Waals surface area contributed by atoms with Crippen LogP contribution >= 0.6 is 11.6 Å². The van der Waals surface area contributed by atoms with Gasteiger partial charge in [-0.1, -0.05) is 36.6 Å². The Hall–Kier alpha value is -0.570. The Morgan fingerprint density at radius 3 is 2.56 bits per heavy atom. The fraction of sp³-hybridized carbons (Fsp3) is 0.600. The summed E-state index contributed by atoms with van der Waals surface area (Å²) in [5, 5.41) is 0.800. The highest BCUT2D eigenvalue weighted by Gasteiger charge is 2.13. The summed E-state index contributed by atoms with van der Waals surface area (Å²) in [7, 11) is 0. The average molecular weight is 267 g/mol. The van der Waals surface area contributed by atoms with Gasteiger partial charge < -0.3 is 10.6 Å². The summed E-state index contributed by atoms with van der Waals surface area (Å²) in [6.45, 7) is 3.43. The predicted molar refractivity (Wildman–Crippen MR) is 78.0 cm³/mol. The van der Waals surface area contributed by atoms with E-state index in [-0.39, 0.29) is 6.04 Å². The molecule has 1 aliphatic heterocycles. The Labute approximate surface area is 115 Å². The Morgan fingerprint density at radius 1 is 1.17 bits per heavy atom. The summed E-state index contributed by atoms with van der Waals surface area (Å²) >= 11 is 5.99. The van der Waals surface area contributed by atoms with E-state index in [0.717, 1.165) is 18.0 Å². The van der Waals surface area contributed by atoms with E-state index in [1.54, 1.807) is 0 Å². The van der Waals surface area contributed by atoms with Gasteiger partial charge in [-0.15, -0.1) is 0 Å². The molecule has 1 aromatic rings. The standard InChI is InChI=1S/C15H23ClN2/c16-14-7-5-6-13(10-14)11-15(17)12-18-8-3-1-2-4-9-18/h5-7,10,15H,1-4,8-9,11-12,17H2. The van der Waals surface area contributed by atoms with Crippen LogP contribution in [0, 0.1) is 0 Å². The Morgan fingerprint density at radius 2 is 1.89 bits per heavy atom. The lowest BCUT2D eigenvalue weighted by atomic mass is 10.1. The Kier molecular flexibility index (Phi) is 5.48. The second-order valence-corrected chi connectivity index (χ2v) is 5.75. The molecule has 1 aromatic carbocycles. The summed E-state index contributed by atoms with van der Waals surface area (Å²) in [5.74, 6) is 0. The first-order valence-corrected chi connectivity index (χ1v) is 7.34. The quantitative estimate of drug-likeness (QED) is 0.908. The van der Waals surface area contributed by atoms with Gasteiger partial charge in [-0.2, -0.15) is 0 Å². The molecule has 0 amide bonds. The van der Waals surface area contributed by atoms with E-state index in [2.05, 4.69) is 11.0 Å². The van der Waals surface area contributed by atoms with Crippen LogP contribution in [-0.4, -0.2) is 30.6 Å². The molecule has 3 heteroatoms. The minimum atomic E-state index is 0.210. The van der Waals surface area contributed by atoms with Gasteiger partial charge in [0.2, 0.25) is 0 Å². The number of nitrogens with two attached hydrogens (primary N) is 1. The molecule has 0 bridgehead atoms. The van der Waals surface area contributed by atoms with Crippen molar-refractivity contribution in [1.29, 1.82) is 0 Å². The first kappa shape index (κ1) is 13.9. The zero-order valence-corrected chi connectivity index (χ0v) is 11.7. The molecule has 2 nitrogen and oxygen atoms in total. The maximum absolute atomic E-state index is 6.25. The monoisotopic (exact) mass is 266 g/mol. The van der Waals surface area contributed by atoms with Crippen molar-refractivity contribution in [3.05, 3.63) is 34.9 Å². The minimum Gasteiger partial charge on any atom is -0.326 e. The molecule has 1 aliphatic rings. The first-order valence-electron chi connectivity index (χ1n) is 6.96. The van der Waals surface area contributed by atoms with Crippen LogP contribution in [0.4, 0.5) is 0 Å². The number of nitrogens with zero attached hydrogens (tertiary/aromatic N) is 1. The summed E-state index contributed by atoms with van der Waals surface area (Å²) in [4.78, 5) is 2.52. The second kappa shape index (κ2) is 7.13. The first-order chi connectivity index (χ1) is 8.74. The lowest BCUT2D eigenvalue weighted by Crippen LogP contribution is -2.39. The van der Waals surface area contributed by atoms with Gasteiger partial charge in [-0.3, -0.25) is 0 Å². The zero-order valence-electron chi connectivity index (χ0n) is 10.9. The number of likely N-dealkylation sites (tertiary alicyclic amines) is 1. The maximum atomic E-state index is 6.25. The summed E-state index contributed by atoms with van der Waals surface area (Å²) in [5.41, 5.74) is 7.49. The smallest absolute Gasteiger partial charge is 0.0408 e. The molecule has 2 N–H and O–H groups in total. The van der Waals surface area contributed by atoms with Crippen molar-refractivity contribution >= 4 is 11.6 Å². The van der Waals surface area contributed by atoms with E-state index in [1.807, 2.05) is 18.2 Å². The number of hydrogen-bond donors (Lipinski definition) is 1. The van der Waals surface area contributed by atoms with Gasteiger partial charge in [0, 0.05) is 17.6 Å². The molecule has 0 aliphatic carbocycles. The molecule has 0 spiro atoms. The summed E-state index contributed by atoms with van der Waals surface area (Å²) < 4.78 is 0. The minimum absolute atomic E-state index is 0.210. The molecule has 18 heavy (non-hydrogen) atoms. The normalized spacial score (nSPS) is 19.4. The summed E-state index contributed by atoms with van der Waals surface area (Å²) in [6, 6.07) is 8.24. The highest BCUT2D eigenvalue weighted by molar-refractivity contribution is 6.30. The van der Waals surface area contributed by atoms with E-state index in [0.29, 0.717) is 0 Å². The molecule has 0 saturated carbocycles. The fourth-order valence-corrected chi connectivity index (χ4v) is 2.89. The number of halogens is 1. The molecule has 100 valence electrons. The molecule has 1 atom stereocenters. The highest BCUT2D eigenvalue weighted by atomic mass is 35.5. The Balaban J connectivity index is 1.82. The number of rotatable bonds is 4. The maximum Gasteiger partial charge on any atom is 0.0408 e. The van der Waals surface area contributed by atoms with Crippen molar-refractivity contribution in [2.24, 2.45) is 5.73 Å². The van der Waals surface area contributed by atoms with Crippen LogP contribution in [0.15, 0.2) is 24.3 Å². The van der Waals surface area contributed by atoms with Crippen LogP contribution in [0.5, 0.6) is 0 Å². The highest BCUT2D eigenvalue weighted by Crippen LogP contribution is 2.13. The van der Waals surface area contributed by atoms with Crippen molar-refractivity contribution in [2.45, 2.75) is 38.1 Å². The van der Waals surface area contributed by atoms with Gasteiger partial charge in [0.1, 0.15) is 0 Å². The number of hydrogen-bond acceptors (Lipinski definition) is 2. The second-order valence-electron chi connectivity index (χ2n) is 5.31. The van der Waals surface area contributed by atoms with Gasteiger partial charge >= 0.3 is 0 Å². The van der Waals surface area contributed by atoms with Crippen LogP contribution in [0.3, 0.4) is 0 Å². The lowest BCUT2D eigenvalue weighted by molar-refractivity contribution is 0.266. The average Bonchev–Trinajstić information content (AvgIpc) is 2.57. The zero-order chi connectivity index (χ0) is 12.8. The van der Waals surface area contributed by atoms with Crippen molar-refractivity contribution in [3.8, 4) is 0 Å².